The van der Waals surface area contributed by atoms with Gasteiger partial charge in [-0.25, -0.2) is 9.97 Å². The van der Waals surface area contributed by atoms with Crippen LogP contribution in [0.15, 0.2) is 28.2 Å². The summed E-state index contributed by atoms with van der Waals surface area (Å²) in [6.45, 7) is 2.12. The van der Waals surface area contributed by atoms with Crippen molar-refractivity contribution < 1.29 is 0 Å². The Labute approximate surface area is 119 Å². The molecule has 0 spiro atoms. The van der Waals surface area contributed by atoms with E-state index in [-0.39, 0.29) is 0 Å². The van der Waals surface area contributed by atoms with Crippen LogP contribution in [0.5, 0.6) is 0 Å². The summed E-state index contributed by atoms with van der Waals surface area (Å²) in [5, 5.41) is 3.41. The van der Waals surface area contributed by atoms with Crippen LogP contribution in [-0.4, -0.2) is 23.1 Å². The Morgan fingerprint density at radius 1 is 1.33 bits per heavy atom. The minimum Gasteiger partial charge on any atom is -0.316 e. The number of aromatic nitrogens is 2. The summed E-state index contributed by atoms with van der Waals surface area (Å²) in [5.74, 6) is 1.44. The van der Waals surface area contributed by atoms with Crippen molar-refractivity contribution in [1.29, 1.82) is 0 Å². The van der Waals surface area contributed by atoms with Gasteiger partial charge in [-0.3, -0.25) is 0 Å². The lowest BCUT2D eigenvalue weighted by Gasteiger charge is -2.21. The summed E-state index contributed by atoms with van der Waals surface area (Å²) in [7, 11) is 0. The van der Waals surface area contributed by atoms with Gasteiger partial charge >= 0.3 is 0 Å². The van der Waals surface area contributed by atoms with Crippen LogP contribution in [0.2, 0.25) is 0 Å². The molecule has 0 bridgehead atoms. The van der Waals surface area contributed by atoms with E-state index in [0.717, 1.165) is 28.4 Å². The fraction of sp³-hybridized carbons (Fsp3) is 0.385. The molecule has 2 aromatic heterocycles. The number of hydrogen-bond donors (Lipinski definition) is 1. The molecule has 3 nitrogen and oxygen atoms in total. The van der Waals surface area contributed by atoms with Gasteiger partial charge in [0.25, 0.3) is 0 Å². The third kappa shape index (κ3) is 2.63. The minimum absolute atomic E-state index is 0.460. The highest BCUT2D eigenvalue weighted by Gasteiger charge is 2.18. The first kappa shape index (κ1) is 12.3. The molecule has 0 radical (unpaired) electrons. The van der Waals surface area contributed by atoms with Crippen molar-refractivity contribution in [2.45, 2.75) is 18.8 Å². The van der Waals surface area contributed by atoms with Gasteiger partial charge in [-0.2, -0.15) is 0 Å². The predicted octanol–water partition coefficient (Wildman–Crippen LogP) is 3.43. The molecule has 1 N–H and O–H groups in total. The van der Waals surface area contributed by atoms with Gasteiger partial charge < -0.3 is 5.32 Å². The molecular weight excluding hydrogens is 310 g/mol. The average molecular weight is 324 g/mol. The standard InChI is InChI=1S/C13H14BrN3S/c14-12-4-3-11(18-12)10-5-7-16-13(17-10)9-2-1-6-15-8-9/h3-5,7,9,15H,1-2,6,8H2. The van der Waals surface area contributed by atoms with Crippen LogP contribution in [0.25, 0.3) is 10.6 Å². The van der Waals surface area contributed by atoms with E-state index in [4.69, 9.17) is 4.98 Å². The van der Waals surface area contributed by atoms with Gasteiger partial charge in [0.15, 0.2) is 0 Å². The Morgan fingerprint density at radius 2 is 2.28 bits per heavy atom. The Balaban J connectivity index is 1.88. The molecule has 0 amide bonds. The molecule has 1 atom stereocenters. The summed E-state index contributed by atoms with van der Waals surface area (Å²) in [6.07, 6.45) is 4.27. The molecule has 0 aromatic carbocycles. The number of hydrogen-bond acceptors (Lipinski definition) is 4. The normalized spacial score (nSPS) is 19.9. The minimum atomic E-state index is 0.460. The summed E-state index contributed by atoms with van der Waals surface area (Å²) >= 11 is 5.20. The molecule has 18 heavy (non-hydrogen) atoms. The van der Waals surface area contributed by atoms with Crippen molar-refractivity contribution in [3.8, 4) is 10.6 Å². The van der Waals surface area contributed by atoms with E-state index in [2.05, 4.69) is 38.4 Å². The molecule has 5 heteroatoms. The molecule has 0 aliphatic carbocycles. The van der Waals surface area contributed by atoms with Crippen molar-refractivity contribution in [2.24, 2.45) is 0 Å². The largest absolute Gasteiger partial charge is 0.316 e. The molecule has 1 fully saturated rings. The number of rotatable bonds is 2. The lowest BCUT2D eigenvalue weighted by atomic mass is 9.99. The fourth-order valence-electron chi connectivity index (χ4n) is 2.23. The van der Waals surface area contributed by atoms with Crippen molar-refractivity contribution in [1.82, 2.24) is 15.3 Å². The zero-order chi connectivity index (χ0) is 12.4. The van der Waals surface area contributed by atoms with E-state index in [1.165, 1.54) is 17.7 Å². The molecule has 3 rings (SSSR count). The second kappa shape index (κ2) is 5.47. The molecule has 1 aliphatic heterocycles. The van der Waals surface area contributed by atoms with Crippen molar-refractivity contribution in [2.75, 3.05) is 13.1 Å². The van der Waals surface area contributed by atoms with Crippen LogP contribution in [0.3, 0.4) is 0 Å². The maximum Gasteiger partial charge on any atom is 0.133 e. The van der Waals surface area contributed by atoms with E-state index in [0.29, 0.717) is 5.92 Å². The highest BCUT2D eigenvalue weighted by Crippen LogP contribution is 2.30. The maximum absolute atomic E-state index is 4.72. The van der Waals surface area contributed by atoms with Crippen LogP contribution in [-0.2, 0) is 0 Å². The molecular formula is C13H14BrN3S. The van der Waals surface area contributed by atoms with Gasteiger partial charge in [0.05, 0.1) is 14.4 Å². The number of nitrogens with one attached hydrogen (secondary N) is 1. The molecule has 2 aromatic rings. The van der Waals surface area contributed by atoms with Crippen LogP contribution >= 0.6 is 27.3 Å². The van der Waals surface area contributed by atoms with Gasteiger partial charge in [0.2, 0.25) is 0 Å². The average Bonchev–Trinajstić information content (AvgIpc) is 2.87. The van der Waals surface area contributed by atoms with Gasteiger partial charge in [-0.15, -0.1) is 11.3 Å². The van der Waals surface area contributed by atoms with E-state index in [1.807, 2.05) is 12.3 Å². The van der Waals surface area contributed by atoms with Crippen LogP contribution in [0.4, 0.5) is 0 Å². The summed E-state index contributed by atoms with van der Waals surface area (Å²) in [4.78, 5) is 10.3. The SMILES string of the molecule is Brc1ccc(-c2ccnc(C3CCCNC3)n2)s1. The Hall–Kier alpha value is -0.780. The van der Waals surface area contributed by atoms with Crippen molar-refractivity contribution >= 4 is 27.3 Å². The van der Waals surface area contributed by atoms with E-state index >= 15 is 0 Å². The lowest BCUT2D eigenvalue weighted by molar-refractivity contribution is 0.447. The Bertz CT molecular complexity index is 535. The summed E-state index contributed by atoms with van der Waals surface area (Å²) < 4.78 is 1.14. The molecule has 1 saturated heterocycles. The molecule has 0 saturated carbocycles. The fourth-order valence-corrected chi connectivity index (χ4v) is 3.59. The molecule has 94 valence electrons. The lowest BCUT2D eigenvalue weighted by Crippen LogP contribution is -2.29. The number of thiophene rings is 1. The van der Waals surface area contributed by atoms with Crippen LogP contribution in [0, 0.1) is 0 Å². The first-order valence-corrected chi connectivity index (χ1v) is 7.73. The van der Waals surface area contributed by atoms with E-state index < -0.39 is 0 Å². The second-order valence-electron chi connectivity index (χ2n) is 4.45. The second-order valence-corrected chi connectivity index (χ2v) is 6.91. The topological polar surface area (TPSA) is 37.8 Å². The van der Waals surface area contributed by atoms with Crippen LogP contribution in [0.1, 0.15) is 24.6 Å². The van der Waals surface area contributed by atoms with Gasteiger partial charge in [-0.05, 0) is 53.5 Å². The first-order valence-electron chi connectivity index (χ1n) is 6.12. The molecule has 3 heterocycles. The zero-order valence-corrected chi connectivity index (χ0v) is 12.3. The highest BCUT2D eigenvalue weighted by molar-refractivity contribution is 9.11. The number of piperidine rings is 1. The third-order valence-electron chi connectivity index (χ3n) is 3.16. The summed E-state index contributed by atoms with van der Waals surface area (Å²) in [6, 6.07) is 6.14. The van der Waals surface area contributed by atoms with E-state index in [1.54, 1.807) is 11.3 Å². The van der Waals surface area contributed by atoms with E-state index in [9.17, 15) is 0 Å². The Kier molecular flexibility index (Phi) is 3.72. The van der Waals surface area contributed by atoms with Crippen molar-refractivity contribution in [3.63, 3.8) is 0 Å². The quantitative estimate of drug-likeness (QED) is 0.920. The zero-order valence-electron chi connectivity index (χ0n) is 9.90. The first-order chi connectivity index (χ1) is 8.83. The van der Waals surface area contributed by atoms with Crippen LogP contribution < -0.4 is 5.32 Å². The van der Waals surface area contributed by atoms with Gasteiger partial charge in [0.1, 0.15) is 5.82 Å². The van der Waals surface area contributed by atoms with Gasteiger partial charge in [0, 0.05) is 18.7 Å². The predicted molar refractivity (Wildman–Crippen MR) is 77.9 cm³/mol. The third-order valence-corrected chi connectivity index (χ3v) is 4.81. The monoisotopic (exact) mass is 323 g/mol. The summed E-state index contributed by atoms with van der Waals surface area (Å²) in [5.41, 5.74) is 1.03. The Morgan fingerprint density at radius 3 is 3.00 bits per heavy atom. The van der Waals surface area contributed by atoms with Crippen molar-refractivity contribution in [3.05, 3.63) is 34.0 Å². The smallest absolute Gasteiger partial charge is 0.133 e. The molecule has 1 aliphatic rings. The highest BCUT2D eigenvalue weighted by atomic mass is 79.9. The van der Waals surface area contributed by atoms with Gasteiger partial charge in [-0.1, -0.05) is 0 Å². The maximum atomic E-state index is 4.72. The number of nitrogens with zero attached hydrogens (tertiary/aromatic N) is 2. The number of halogens is 1. The molecule has 1 unspecified atom stereocenters.